The molecule has 1 atom stereocenters. The number of hydrogen-bond donors (Lipinski definition) is 1. The highest BCUT2D eigenvalue weighted by atomic mass is 16.6. The topological polar surface area (TPSA) is 55.2 Å². The van der Waals surface area contributed by atoms with Gasteiger partial charge in [0.15, 0.2) is 0 Å². The van der Waals surface area contributed by atoms with Gasteiger partial charge < -0.3 is 5.32 Å². The average molecular weight is 220 g/mol. The van der Waals surface area contributed by atoms with E-state index in [9.17, 15) is 10.1 Å². The fourth-order valence-electron chi connectivity index (χ4n) is 2.26. The lowest BCUT2D eigenvalue weighted by atomic mass is 10.0. The summed E-state index contributed by atoms with van der Waals surface area (Å²) >= 11 is 0. The van der Waals surface area contributed by atoms with E-state index in [-0.39, 0.29) is 10.6 Å². The number of nitrogens with zero attached hydrogens (tertiary/aromatic N) is 1. The van der Waals surface area contributed by atoms with Crippen LogP contribution in [0.5, 0.6) is 0 Å². The molecule has 2 rings (SSSR count). The van der Waals surface area contributed by atoms with E-state index < -0.39 is 0 Å². The van der Waals surface area contributed by atoms with Crippen LogP contribution < -0.4 is 5.32 Å². The van der Waals surface area contributed by atoms with Gasteiger partial charge in [-0.05, 0) is 44.4 Å². The summed E-state index contributed by atoms with van der Waals surface area (Å²) in [6, 6.07) is 5.95. The lowest BCUT2D eigenvalue weighted by Crippen LogP contribution is -2.23. The summed E-state index contributed by atoms with van der Waals surface area (Å²) in [6.45, 7) is 2.89. The van der Waals surface area contributed by atoms with Crippen LogP contribution in [0.1, 0.15) is 24.0 Å². The van der Waals surface area contributed by atoms with Crippen molar-refractivity contribution in [2.45, 2.75) is 32.2 Å². The van der Waals surface area contributed by atoms with Crippen molar-refractivity contribution >= 4 is 5.69 Å². The molecule has 0 bridgehead atoms. The van der Waals surface area contributed by atoms with Gasteiger partial charge in [0.2, 0.25) is 0 Å². The van der Waals surface area contributed by atoms with Gasteiger partial charge in [-0.25, -0.2) is 0 Å². The Morgan fingerprint density at radius 2 is 2.38 bits per heavy atom. The number of benzene rings is 1. The van der Waals surface area contributed by atoms with Crippen molar-refractivity contribution in [1.29, 1.82) is 0 Å². The second kappa shape index (κ2) is 4.61. The van der Waals surface area contributed by atoms with Crippen molar-refractivity contribution in [1.82, 2.24) is 5.32 Å². The van der Waals surface area contributed by atoms with Gasteiger partial charge in [0, 0.05) is 17.7 Å². The maximum atomic E-state index is 10.7. The summed E-state index contributed by atoms with van der Waals surface area (Å²) in [4.78, 5) is 10.3. The molecule has 1 heterocycles. The zero-order chi connectivity index (χ0) is 11.5. The highest BCUT2D eigenvalue weighted by Gasteiger charge is 2.16. The molecule has 1 aliphatic heterocycles. The summed E-state index contributed by atoms with van der Waals surface area (Å²) in [5.41, 5.74) is 2.14. The van der Waals surface area contributed by atoms with E-state index in [2.05, 4.69) is 5.32 Å². The smallest absolute Gasteiger partial charge is 0.272 e. The molecule has 0 aromatic heterocycles. The van der Waals surface area contributed by atoms with E-state index in [1.807, 2.05) is 12.1 Å². The molecule has 0 radical (unpaired) electrons. The van der Waals surface area contributed by atoms with Crippen LogP contribution in [0.2, 0.25) is 0 Å². The molecule has 4 heteroatoms. The Balaban J connectivity index is 2.11. The maximum Gasteiger partial charge on any atom is 0.272 e. The largest absolute Gasteiger partial charge is 0.314 e. The van der Waals surface area contributed by atoms with Crippen LogP contribution in [0, 0.1) is 17.0 Å². The van der Waals surface area contributed by atoms with Crippen LogP contribution in [0.4, 0.5) is 5.69 Å². The fraction of sp³-hybridized carbons (Fsp3) is 0.500. The molecule has 86 valence electrons. The van der Waals surface area contributed by atoms with Crippen LogP contribution in [-0.2, 0) is 6.42 Å². The first kappa shape index (κ1) is 11.1. The minimum absolute atomic E-state index is 0.211. The Morgan fingerprint density at radius 1 is 1.56 bits per heavy atom. The molecule has 0 amide bonds. The predicted molar refractivity (Wildman–Crippen MR) is 62.6 cm³/mol. The minimum atomic E-state index is -0.326. The predicted octanol–water partition coefficient (Wildman–Crippen LogP) is 2.20. The third-order valence-electron chi connectivity index (χ3n) is 3.10. The van der Waals surface area contributed by atoms with Gasteiger partial charge in [0.25, 0.3) is 5.69 Å². The molecule has 0 saturated carbocycles. The summed E-state index contributed by atoms with van der Waals surface area (Å²) < 4.78 is 0. The highest BCUT2D eigenvalue weighted by Crippen LogP contribution is 2.20. The molecule has 1 aromatic rings. The first-order chi connectivity index (χ1) is 7.66. The number of nitro benzene ring substituents is 1. The first-order valence-electron chi connectivity index (χ1n) is 5.64. The van der Waals surface area contributed by atoms with E-state index >= 15 is 0 Å². The van der Waals surface area contributed by atoms with Gasteiger partial charge in [-0.3, -0.25) is 10.1 Å². The van der Waals surface area contributed by atoms with Gasteiger partial charge >= 0.3 is 0 Å². The Kier molecular flexibility index (Phi) is 3.19. The molecule has 1 unspecified atom stereocenters. The molecule has 0 aliphatic carbocycles. The summed E-state index contributed by atoms with van der Waals surface area (Å²) in [6.07, 6.45) is 3.41. The SMILES string of the molecule is Cc1cc(CC2CCCN2)ccc1[N+](=O)[O-]. The lowest BCUT2D eigenvalue weighted by Gasteiger charge is -2.10. The van der Waals surface area contributed by atoms with Crippen molar-refractivity contribution in [3.63, 3.8) is 0 Å². The summed E-state index contributed by atoms with van der Waals surface area (Å²) in [5.74, 6) is 0. The molecule has 1 fully saturated rings. The summed E-state index contributed by atoms with van der Waals surface area (Å²) in [7, 11) is 0. The van der Waals surface area contributed by atoms with Crippen LogP contribution >= 0.6 is 0 Å². The van der Waals surface area contributed by atoms with Gasteiger partial charge in [0.05, 0.1) is 4.92 Å². The third-order valence-corrected chi connectivity index (χ3v) is 3.10. The van der Waals surface area contributed by atoms with Crippen LogP contribution in [-0.4, -0.2) is 17.5 Å². The number of hydrogen-bond acceptors (Lipinski definition) is 3. The second-order valence-corrected chi connectivity index (χ2v) is 4.38. The average Bonchev–Trinajstić information content (AvgIpc) is 2.70. The number of rotatable bonds is 3. The fourth-order valence-corrected chi connectivity index (χ4v) is 2.26. The molecule has 1 N–H and O–H groups in total. The van der Waals surface area contributed by atoms with E-state index in [1.165, 1.54) is 18.4 Å². The first-order valence-corrected chi connectivity index (χ1v) is 5.64. The van der Waals surface area contributed by atoms with Gasteiger partial charge in [0.1, 0.15) is 0 Å². The van der Waals surface area contributed by atoms with Gasteiger partial charge in [-0.2, -0.15) is 0 Å². The Hall–Kier alpha value is -1.42. The van der Waals surface area contributed by atoms with Crippen molar-refractivity contribution in [2.75, 3.05) is 6.54 Å². The van der Waals surface area contributed by atoms with E-state index in [0.717, 1.165) is 18.5 Å². The molecular formula is C12H16N2O2. The maximum absolute atomic E-state index is 10.7. The van der Waals surface area contributed by atoms with Gasteiger partial charge in [-0.15, -0.1) is 0 Å². The zero-order valence-electron chi connectivity index (χ0n) is 9.40. The van der Waals surface area contributed by atoms with Crippen molar-refractivity contribution in [3.05, 3.63) is 39.4 Å². The number of nitrogens with one attached hydrogen (secondary N) is 1. The zero-order valence-corrected chi connectivity index (χ0v) is 9.40. The molecule has 1 saturated heterocycles. The van der Waals surface area contributed by atoms with Gasteiger partial charge in [-0.1, -0.05) is 6.07 Å². The standard InChI is InChI=1S/C12H16N2O2/c1-9-7-10(4-5-12(9)14(15)16)8-11-3-2-6-13-11/h4-5,7,11,13H,2-3,6,8H2,1H3. The number of aryl methyl sites for hydroxylation is 1. The third kappa shape index (κ3) is 2.39. The van der Waals surface area contributed by atoms with Crippen LogP contribution in [0.15, 0.2) is 18.2 Å². The Labute approximate surface area is 94.8 Å². The quantitative estimate of drug-likeness (QED) is 0.627. The Morgan fingerprint density at radius 3 is 2.94 bits per heavy atom. The highest BCUT2D eigenvalue weighted by molar-refractivity contribution is 5.42. The molecule has 0 spiro atoms. The normalized spacial score (nSPS) is 19.9. The van der Waals surface area contributed by atoms with Crippen LogP contribution in [0.25, 0.3) is 0 Å². The molecular weight excluding hydrogens is 204 g/mol. The molecule has 1 aromatic carbocycles. The van der Waals surface area contributed by atoms with Crippen molar-refractivity contribution < 1.29 is 4.92 Å². The second-order valence-electron chi connectivity index (χ2n) is 4.38. The monoisotopic (exact) mass is 220 g/mol. The molecule has 4 nitrogen and oxygen atoms in total. The number of nitro groups is 1. The van der Waals surface area contributed by atoms with Crippen LogP contribution in [0.3, 0.4) is 0 Å². The molecule has 1 aliphatic rings. The minimum Gasteiger partial charge on any atom is -0.314 e. The summed E-state index contributed by atoms with van der Waals surface area (Å²) in [5, 5.41) is 14.1. The molecule has 16 heavy (non-hydrogen) atoms. The van der Waals surface area contributed by atoms with E-state index in [1.54, 1.807) is 13.0 Å². The van der Waals surface area contributed by atoms with E-state index in [4.69, 9.17) is 0 Å². The Bertz CT molecular complexity index is 398. The van der Waals surface area contributed by atoms with Crippen molar-refractivity contribution in [2.24, 2.45) is 0 Å². The lowest BCUT2D eigenvalue weighted by molar-refractivity contribution is -0.385. The van der Waals surface area contributed by atoms with Crippen molar-refractivity contribution in [3.8, 4) is 0 Å². The van der Waals surface area contributed by atoms with E-state index in [0.29, 0.717) is 6.04 Å².